The first-order valence-corrected chi connectivity index (χ1v) is 9.47. The zero-order chi connectivity index (χ0) is 19.0. The Labute approximate surface area is 164 Å². The summed E-state index contributed by atoms with van der Waals surface area (Å²) in [7, 11) is 0. The highest BCUT2D eigenvalue weighted by Gasteiger charge is 2.41. The summed E-state index contributed by atoms with van der Waals surface area (Å²) in [6.45, 7) is 1.89. The first kappa shape index (κ1) is 17.7. The van der Waals surface area contributed by atoms with Gasteiger partial charge >= 0.3 is 0 Å². The van der Waals surface area contributed by atoms with E-state index in [0.29, 0.717) is 17.0 Å². The number of allylic oxidation sites excluding steroid dienone is 2. The maximum absolute atomic E-state index is 13.2. The second-order valence-corrected chi connectivity index (χ2v) is 7.63. The molecule has 1 heterocycles. The molecule has 0 N–H and O–H groups in total. The van der Waals surface area contributed by atoms with Gasteiger partial charge in [0, 0.05) is 34.3 Å². The van der Waals surface area contributed by atoms with Crippen molar-refractivity contribution in [2.45, 2.75) is 31.6 Å². The van der Waals surface area contributed by atoms with E-state index in [1.54, 1.807) is 0 Å². The largest absolute Gasteiger partial charge is 0.294 e. The molecule has 134 valence electrons. The fourth-order valence-electron chi connectivity index (χ4n) is 4.22. The van der Waals surface area contributed by atoms with E-state index >= 15 is 0 Å². The molecule has 4 heteroatoms. The van der Waals surface area contributed by atoms with Gasteiger partial charge in [-0.3, -0.25) is 9.79 Å². The molecule has 2 aromatic carbocycles. The number of halogens is 1. The summed E-state index contributed by atoms with van der Waals surface area (Å²) >= 11 is 6.03. The van der Waals surface area contributed by atoms with Crippen molar-refractivity contribution >= 4 is 23.1 Å². The van der Waals surface area contributed by atoms with Crippen LogP contribution in [-0.2, 0) is 4.79 Å². The minimum Gasteiger partial charge on any atom is -0.294 e. The molecule has 1 aliphatic carbocycles. The molecule has 0 fully saturated rings. The highest BCUT2D eigenvalue weighted by Crippen LogP contribution is 2.46. The van der Waals surface area contributed by atoms with Gasteiger partial charge < -0.3 is 0 Å². The summed E-state index contributed by atoms with van der Waals surface area (Å²) in [5, 5.41) is 10.4. The molecule has 1 unspecified atom stereocenters. The molecule has 2 aromatic rings. The Balaban J connectivity index is 1.79. The van der Waals surface area contributed by atoms with Gasteiger partial charge in [0.25, 0.3) is 0 Å². The first-order valence-electron chi connectivity index (χ1n) is 9.10. The molecule has 0 aromatic heterocycles. The van der Waals surface area contributed by atoms with Crippen LogP contribution in [0.15, 0.2) is 70.9 Å². The lowest BCUT2D eigenvalue weighted by Gasteiger charge is -2.35. The van der Waals surface area contributed by atoms with Crippen LogP contribution in [0.3, 0.4) is 0 Å². The average Bonchev–Trinajstić information content (AvgIpc) is 2.68. The van der Waals surface area contributed by atoms with E-state index in [4.69, 9.17) is 16.6 Å². The molecule has 3 nitrogen and oxygen atoms in total. The number of nitrogens with zero attached hydrogens (tertiary/aromatic N) is 2. The minimum atomic E-state index is -0.429. The van der Waals surface area contributed by atoms with Gasteiger partial charge in [0.05, 0.1) is 12.0 Å². The average molecular weight is 375 g/mol. The predicted molar refractivity (Wildman–Crippen MR) is 107 cm³/mol. The van der Waals surface area contributed by atoms with Gasteiger partial charge in [-0.25, -0.2) is 0 Å². The fraction of sp³-hybridized carbons (Fsp3) is 0.261. The zero-order valence-electron chi connectivity index (χ0n) is 15.0. The van der Waals surface area contributed by atoms with Crippen molar-refractivity contribution in [2.75, 3.05) is 0 Å². The molecule has 0 saturated carbocycles. The van der Waals surface area contributed by atoms with Crippen molar-refractivity contribution in [1.29, 1.82) is 5.26 Å². The second-order valence-electron chi connectivity index (χ2n) is 7.19. The number of benzene rings is 2. The number of Topliss-reactive ketones (excluding diaryl/α,β-unsaturated/α-hetero) is 1. The van der Waals surface area contributed by atoms with Crippen LogP contribution in [0.25, 0.3) is 0 Å². The molecular formula is C23H19ClN2O. The van der Waals surface area contributed by atoms with E-state index in [1.807, 2.05) is 49.4 Å². The predicted octanol–water partition coefficient (Wildman–Crippen LogP) is 5.44. The van der Waals surface area contributed by atoms with Crippen molar-refractivity contribution in [3.63, 3.8) is 0 Å². The van der Waals surface area contributed by atoms with E-state index in [1.165, 1.54) is 0 Å². The van der Waals surface area contributed by atoms with Gasteiger partial charge in [-0.2, -0.15) is 5.26 Å². The number of aliphatic imine (C=N–C) groups is 1. The molecule has 27 heavy (non-hydrogen) atoms. The lowest BCUT2D eigenvalue weighted by atomic mass is 9.70. The number of carbonyl (C=O) groups is 1. The van der Waals surface area contributed by atoms with Crippen LogP contribution in [-0.4, -0.2) is 11.5 Å². The molecule has 0 spiro atoms. The van der Waals surface area contributed by atoms with E-state index < -0.39 is 5.92 Å². The summed E-state index contributed by atoms with van der Waals surface area (Å²) in [6, 6.07) is 19.9. The normalized spacial score (nSPS) is 24.9. The van der Waals surface area contributed by atoms with Crippen molar-refractivity contribution < 1.29 is 4.79 Å². The third-order valence-electron chi connectivity index (χ3n) is 5.53. The molecule has 4 rings (SSSR count). The standard InChI is InChI=1S/C23H19ClN2O/c1-14-19(13-25)22(16-7-9-18(24)10-8-16)23-20(26-14)11-17(12-21(23)27)15-5-3-2-4-6-15/h2-10,17,19,22H,11-12H2,1H3/t17-,19?,22+/m1/s1. The van der Waals surface area contributed by atoms with E-state index in [0.717, 1.165) is 29.0 Å². The Bertz CT molecular complexity index is 983. The summed E-state index contributed by atoms with van der Waals surface area (Å²) in [5.41, 5.74) is 4.43. The summed E-state index contributed by atoms with van der Waals surface area (Å²) in [4.78, 5) is 17.9. The van der Waals surface area contributed by atoms with Crippen LogP contribution in [0.5, 0.6) is 0 Å². The minimum absolute atomic E-state index is 0.0987. The molecule has 0 radical (unpaired) electrons. The smallest absolute Gasteiger partial charge is 0.161 e. The van der Waals surface area contributed by atoms with Gasteiger partial charge in [0.2, 0.25) is 0 Å². The van der Waals surface area contributed by atoms with Gasteiger partial charge in [0.15, 0.2) is 5.78 Å². The summed E-state index contributed by atoms with van der Waals surface area (Å²) in [6.07, 6.45) is 1.18. The summed E-state index contributed by atoms with van der Waals surface area (Å²) in [5.74, 6) is -0.466. The maximum atomic E-state index is 13.2. The topological polar surface area (TPSA) is 53.2 Å². The molecule has 0 saturated heterocycles. The lowest BCUT2D eigenvalue weighted by Crippen LogP contribution is -2.32. The van der Waals surface area contributed by atoms with Gasteiger partial charge in [-0.05, 0) is 42.5 Å². The molecule has 1 aliphatic heterocycles. The number of ketones is 1. The fourth-order valence-corrected chi connectivity index (χ4v) is 4.34. The zero-order valence-corrected chi connectivity index (χ0v) is 15.8. The molecular weight excluding hydrogens is 356 g/mol. The molecule has 0 bridgehead atoms. The SMILES string of the molecule is CC1=NC2=C(C(=O)C[C@H](c3ccccc3)C2)[C@@H](c2ccc(Cl)cc2)C1C#N. The lowest BCUT2D eigenvalue weighted by molar-refractivity contribution is -0.116. The third kappa shape index (κ3) is 3.22. The number of nitriles is 1. The number of carbonyl (C=O) groups excluding carboxylic acids is 1. The van der Waals surface area contributed by atoms with Crippen molar-refractivity contribution in [1.82, 2.24) is 0 Å². The quantitative estimate of drug-likeness (QED) is 0.702. The maximum Gasteiger partial charge on any atom is 0.161 e. The van der Waals surface area contributed by atoms with Crippen LogP contribution in [0, 0.1) is 17.2 Å². The number of hydrogen-bond donors (Lipinski definition) is 0. The van der Waals surface area contributed by atoms with Crippen LogP contribution in [0.1, 0.15) is 42.7 Å². The number of hydrogen-bond acceptors (Lipinski definition) is 3. The van der Waals surface area contributed by atoms with Crippen molar-refractivity contribution in [2.24, 2.45) is 10.9 Å². The van der Waals surface area contributed by atoms with Crippen LogP contribution < -0.4 is 0 Å². The Hall–Kier alpha value is -2.70. The number of rotatable bonds is 2. The van der Waals surface area contributed by atoms with Crippen LogP contribution in [0.4, 0.5) is 0 Å². The molecule has 3 atom stereocenters. The van der Waals surface area contributed by atoms with Gasteiger partial charge in [-0.15, -0.1) is 0 Å². The first-order chi connectivity index (χ1) is 13.1. The van der Waals surface area contributed by atoms with Crippen molar-refractivity contribution in [3.05, 3.63) is 82.0 Å². The Morgan fingerprint density at radius 3 is 2.41 bits per heavy atom. The molecule has 2 aliphatic rings. The highest BCUT2D eigenvalue weighted by molar-refractivity contribution is 6.30. The van der Waals surface area contributed by atoms with Gasteiger partial charge in [-0.1, -0.05) is 54.1 Å². The van der Waals surface area contributed by atoms with Crippen LogP contribution in [0.2, 0.25) is 5.02 Å². The highest BCUT2D eigenvalue weighted by atomic mass is 35.5. The van der Waals surface area contributed by atoms with E-state index in [9.17, 15) is 10.1 Å². The third-order valence-corrected chi connectivity index (χ3v) is 5.78. The Kier molecular flexibility index (Phi) is 4.68. The van der Waals surface area contributed by atoms with Gasteiger partial charge in [0.1, 0.15) is 0 Å². The van der Waals surface area contributed by atoms with E-state index in [-0.39, 0.29) is 17.6 Å². The van der Waals surface area contributed by atoms with E-state index in [2.05, 4.69) is 18.2 Å². The Morgan fingerprint density at radius 2 is 1.74 bits per heavy atom. The monoisotopic (exact) mass is 374 g/mol. The van der Waals surface area contributed by atoms with Crippen LogP contribution >= 0.6 is 11.6 Å². The molecule has 0 amide bonds. The summed E-state index contributed by atoms with van der Waals surface area (Å²) < 4.78 is 0. The van der Waals surface area contributed by atoms with Crippen molar-refractivity contribution in [3.8, 4) is 6.07 Å². The Morgan fingerprint density at radius 1 is 1.04 bits per heavy atom. The second kappa shape index (κ2) is 7.13.